The van der Waals surface area contributed by atoms with E-state index < -0.39 is 0 Å². The molecular weight excluding hydrogens is 366 g/mol. The molecule has 0 bridgehead atoms. The fourth-order valence-corrected chi connectivity index (χ4v) is 3.42. The molecule has 1 N–H and O–H groups in total. The largest absolute Gasteiger partial charge is 0.450 e. The van der Waals surface area contributed by atoms with E-state index in [1.165, 1.54) is 17.3 Å². The van der Waals surface area contributed by atoms with Gasteiger partial charge in [0.1, 0.15) is 0 Å². The van der Waals surface area contributed by atoms with Crippen LogP contribution in [-0.2, 0) is 9.53 Å². The van der Waals surface area contributed by atoms with Crippen LogP contribution in [0.1, 0.15) is 12.5 Å². The predicted molar refractivity (Wildman–Crippen MR) is 102 cm³/mol. The first-order valence-corrected chi connectivity index (χ1v) is 9.87. The molecule has 1 aromatic heterocycles. The first-order chi connectivity index (χ1) is 13.1. The first-order valence-electron chi connectivity index (χ1n) is 8.88. The second-order valence-corrected chi connectivity index (χ2v) is 7.13. The number of H-pyrrole nitrogens is 1. The summed E-state index contributed by atoms with van der Waals surface area (Å²) in [5.41, 5.74) is 2.14. The Balaban J connectivity index is 1.47. The Morgan fingerprint density at radius 2 is 1.81 bits per heavy atom. The van der Waals surface area contributed by atoms with Crippen molar-refractivity contribution in [1.29, 1.82) is 0 Å². The van der Waals surface area contributed by atoms with Crippen molar-refractivity contribution in [3.63, 3.8) is 0 Å². The first kappa shape index (κ1) is 19.2. The van der Waals surface area contributed by atoms with Crippen LogP contribution in [0, 0.1) is 6.92 Å². The van der Waals surface area contributed by atoms with Gasteiger partial charge in [-0.1, -0.05) is 41.6 Å². The van der Waals surface area contributed by atoms with Crippen LogP contribution in [0.3, 0.4) is 0 Å². The van der Waals surface area contributed by atoms with E-state index in [1.807, 2.05) is 31.2 Å². The zero-order valence-corrected chi connectivity index (χ0v) is 16.3. The van der Waals surface area contributed by atoms with Gasteiger partial charge < -0.3 is 14.5 Å². The van der Waals surface area contributed by atoms with Gasteiger partial charge in [0, 0.05) is 31.7 Å². The van der Waals surface area contributed by atoms with Crippen LogP contribution >= 0.6 is 11.8 Å². The summed E-state index contributed by atoms with van der Waals surface area (Å²) in [6.07, 6.45) is -0.316. The molecule has 2 amide bonds. The lowest BCUT2D eigenvalue weighted by atomic mass is 10.1. The van der Waals surface area contributed by atoms with Crippen LogP contribution in [0.25, 0.3) is 11.4 Å². The van der Waals surface area contributed by atoms with Gasteiger partial charge in [0.05, 0.1) is 12.4 Å². The number of amides is 2. The summed E-state index contributed by atoms with van der Waals surface area (Å²) in [7, 11) is 0. The predicted octanol–water partition coefficient (Wildman–Crippen LogP) is 2.17. The summed E-state index contributed by atoms with van der Waals surface area (Å²) in [6.45, 7) is 6.18. The summed E-state index contributed by atoms with van der Waals surface area (Å²) >= 11 is 1.31. The highest BCUT2D eigenvalue weighted by Crippen LogP contribution is 2.20. The minimum absolute atomic E-state index is 0.0187. The Bertz CT molecular complexity index is 785. The van der Waals surface area contributed by atoms with Crippen molar-refractivity contribution in [2.45, 2.75) is 19.0 Å². The van der Waals surface area contributed by atoms with Crippen LogP contribution in [0.5, 0.6) is 0 Å². The van der Waals surface area contributed by atoms with Gasteiger partial charge >= 0.3 is 6.09 Å². The van der Waals surface area contributed by atoms with Crippen molar-refractivity contribution < 1.29 is 14.3 Å². The standard InChI is InChI=1S/C18H23N5O3S/c1-3-26-18(25)23-10-8-22(9-11-23)15(24)12-27-17-19-16(20-21-17)14-6-4-13(2)5-7-14/h4-7H,3,8-12H2,1-2H3,(H,19,20,21). The second kappa shape index (κ2) is 8.90. The summed E-state index contributed by atoms with van der Waals surface area (Å²) in [5.74, 6) is 0.975. The molecule has 0 aliphatic carbocycles. The number of piperazine rings is 1. The Morgan fingerprint density at radius 1 is 1.15 bits per heavy atom. The number of thioether (sulfide) groups is 1. The zero-order chi connectivity index (χ0) is 19.2. The zero-order valence-electron chi connectivity index (χ0n) is 15.5. The monoisotopic (exact) mass is 389 g/mol. The fraction of sp³-hybridized carbons (Fsp3) is 0.444. The summed E-state index contributed by atoms with van der Waals surface area (Å²) < 4.78 is 4.99. The Morgan fingerprint density at radius 3 is 2.48 bits per heavy atom. The molecule has 1 aromatic carbocycles. The lowest BCUT2D eigenvalue weighted by molar-refractivity contribution is -0.129. The van der Waals surface area contributed by atoms with E-state index in [1.54, 1.807) is 16.7 Å². The summed E-state index contributed by atoms with van der Waals surface area (Å²) in [4.78, 5) is 31.9. The highest BCUT2D eigenvalue weighted by molar-refractivity contribution is 7.99. The molecule has 0 spiro atoms. The maximum Gasteiger partial charge on any atom is 0.409 e. The topological polar surface area (TPSA) is 91.4 Å². The van der Waals surface area contributed by atoms with Crippen molar-refractivity contribution in [2.24, 2.45) is 0 Å². The molecule has 1 fully saturated rings. The normalized spacial score (nSPS) is 14.3. The molecule has 1 aliphatic heterocycles. The molecule has 27 heavy (non-hydrogen) atoms. The molecule has 8 nitrogen and oxygen atoms in total. The third-order valence-electron chi connectivity index (χ3n) is 4.27. The number of hydrogen-bond donors (Lipinski definition) is 1. The number of hydrogen-bond acceptors (Lipinski definition) is 6. The molecular formula is C18H23N5O3S. The summed E-state index contributed by atoms with van der Waals surface area (Å²) in [6, 6.07) is 8.01. The quantitative estimate of drug-likeness (QED) is 0.788. The van der Waals surface area contributed by atoms with Gasteiger partial charge in [0.2, 0.25) is 11.1 Å². The lowest BCUT2D eigenvalue weighted by Crippen LogP contribution is -2.51. The molecule has 0 saturated carbocycles. The average molecular weight is 389 g/mol. The SMILES string of the molecule is CCOC(=O)N1CCN(C(=O)CSc2n[nH]c(-c3ccc(C)cc3)n2)CC1. The molecule has 0 unspecified atom stereocenters. The van der Waals surface area contributed by atoms with Gasteiger partial charge in [-0.05, 0) is 13.8 Å². The van der Waals surface area contributed by atoms with Crippen molar-refractivity contribution in [3.05, 3.63) is 29.8 Å². The Labute approximate surface area is 162 Å². The third-order valence-corrected chi connectivity index (χ3v) is 5.11. The van der Waals surface area contributed by atoms with E-state index in [-0.39, 0.29) is 17.8 Å². The number of ether oxygens (including phenoxy) is 1. The van der Waals surface area contributed by atoms with Crippen molar-refractivity contribution in [2.75, 3.05) is 38.5 Å². The van der Waals surface area contributed by atoms with Gasteiger partial charge in [-0.15, -0.1) is 5.10 Å². The molecule has 3 rings (SSSR count). The second-order valence-electron chi connectivity index (χ2n) is 6.19. The number of carbonyl (C=O) groups excluding carboxylic acids is 2. The van der Waals surface area contributed by atoms with E-state index in [2.05, 4.69) is 15.2 Å². The lowest BCUT2D eigenvalue weighted by Gasteiger charge is -2.33. The van der Waals surface area contributed by atoms with E-state index in [9.17, 15) is 9.59 Å². The third kappa shape index (κ3) is 5.00. The van der Waals surface area contributed by atoms with Crippen LogP contribution in [0.4, 0.5) is 4.79 Å². The van der Waals surface area contributed by atoms with Crippen LogP contribution < -0.4 is 0 Å². The van der Waals surface area contributed by atoms with Gasteiger partial charge in [0.25, 0.3) is 0 Å². The van der Waals surface area contributed by atoms with Gasteiger partial charge in [-0.2, -0.15) is 0 Å². The van der Waals surface area contributed by atoms with Gasteiger partial charge in [-0.3, -0.25) is 9.89 Å². The Hall–Kier alpha value is -2.55. The number of aromatic amines is 1. The van der Waals surface area contributed by atoms with Crippen molar-refractivity contribution >= 4 is 23.8 Å². The number of benzene rings is 1. The van der Waals surface area contributed by atoms with Gasteiger partial charge in [-0.25, -0.2) is 9.78 Å². The number of nitrogens with zero attached hydrogens (tertiary/aromatic N) is 4. The molecule has 0 atom stereocenters. The van der Waals surface area contributed by atoms with Crippen molar-refractivity contribution in [3.8, 4) is 11.4 Å². The smallest absolute Gasteiger partial charge is 0.409 e. The van der Waals surface area contributed by atoms with Crippen molar-refractivity contribution in [1.82, 2.24) is 25.0 Å². The molecule has 1 aliphatic rings. The highest BCUT2D eigenvalue weighted by Gasteiger charge is 2.25. The van der Waals surface area contributed by atoms with E-state index in [0.29, 0.717) is 43.8 Å². The van der Waals surface area contributed by atoms with E-state index in [0.717, 1.165) is 5.56 Å². The Kier molecular flexibility index (Phi) is 6.33. The van der Waals surface area contributed by atoms with Crippen LogP contribution in [0.15, 0.2) is 29.4 Å². The molecule has 144 valence electrons. The number of carbonyl (C=O) groups is 2. The summed E-state index contributed by atoms with van der Waals surface area (Å²) in [5, 5.41) is 7.63. The average Bonchev–Trinajstić information content (AvgIpc) is 3.16. The number of rotatable bonds is 5. The number of aromatic nitrogens is 3. The maximum absolute atomic E-state index is 12.4. The van der Waals surface area contributed by atoms with Crippen LogP contribution in [-0.4, -0.2) is 75.5 Å². The fourth-order valence-electron chi connectivity index (χ4n) is 2.72. The molecule has 2 aromatic rings. The number of nitrogens with one attached hydrogen (secondary N) is 1. The maximum atomic E-state index is 12.4. The van der Waals surface area contributed by atoms with E-state index in [4.69, 9.17) is 4.74 Å². The molecule has 1 saturated heterocycles. The van der Waals surface area contributed by atoms with E-state index >= 15 is 0 Å². The molecule has 9 heteroatoms. The highest BCUT2D eigenvalue weighted by atomic mass is 32.2. The van der Waals surface area contributed by atoms with Gasteiger partial charge in [0.15, 0.2) is 5.82 Å². The minimum Gasteiger partial charge on any atom is -0.450 e. The molecule has 2 heterocycles. The van der Waals surface area contributed by atoms with Crippen LogP contribution in [0.2, 0.25) is 0 Å². The molecule has 0 radical (unpaired) electrons. The number of aryl methyl sites for hydroxylation is 1. The minimum atomic E-state index is -0.316.